The quantitative estimate of drug-likeness (QED) is 0.465. The van der Waals surface area contributed by atoms with Gasteiger partial charge in [-0.2, -0.15) is 9.13 Å². The third-order valence-corrected chi connectivity index (χ3v) is 11.1. The first-order valence-electron chi connectivity index (χ1n) is 16.2. The van der Waals surface area contributed by atoms with Crippen molar-refractivity contribution in [3.05, 3.63) is 84.1 Å². The normalized spacial score (nSPS) is 21.6. The van der Waals surface area contributed by atoms with E-state index in [-0.39, 0.29) is 11.8 Å². The van der Waals surface area contributed by atoms with Crippen LogP contribution in [0.2, 0.25) is 0 Å². The molecule has 7 nitrogen and oxygen atoms in total. The molecule has 7 heteroatoms. The van der Waals surface area contributed by atoms with Crippen molar-refractivity contribution in [3.63, 3.8) is 0 Å². The van der Waals surface area contributed by atoms with Gasteiger partial charge in [-0.15, -0.1) is 0 Å². The number of carboxylic acids is 1. The Morgan fingerprint density at radius 3 is 1.93 bits per heavy atom. The van der Waals surface area contributed by atoms with Gasteiger partial charge in [0.15, 0.2) is 0 Å². The van der Waals surface area contributed by atoms with Crippen LogP contribution < -0.4 is 10.7 Å². The fraction of sp³-hybridized carbons (Fsp3) is 0.421. The summed E-state index contributed by atoms with van der Waals surface area (Å²) >= 11 is 0. The maximum absolute atomic E-state index is 13.2. The summed E-state index contributed by atoms with van der Waals surface area (Å²) in [5.74, 6) is -1.27. The van der Waals surface area contributed by atoms with Crippen LogP contribution in [0.3, 0.4) is 0 Å². The number of aliphatic carboxylic acids is 1. The standard InChI is InChI=1S/C38H41N4O3/c1-19-21(3)30-15-32-23(5)26(11-10-25(43)18-37(7,8)9)34-17-35-27(12-13-36(44)45)24(6)33-16-31-22(4)20(2)29-14-28(19)39(30)38(40(29)31,41(32)34)42(33)35/h14-17H,10-13,18H2,1-9H3/q+1/p+1/t38-/m1/s1. The van der Waals surface area contributed by atoms with Crippen LogP contribution in [-0.2, 0) is 28.3 Å². The number of allylic oxidation sites excluding steroid dienone is 5. The molecule has 0 aromatic carbocycles. The zero-order valence-corrected chi connectivity index (χ0v) is 27.9. The molecule has 45 heavy (non-hydrogen) atoms. The second-order valence-corrected chi connectivity index (χ2v) is 15.0. The number of rotatable bonds is 7. The lowest BCUT2D eigenvalue weighted by molar-refractivity contribution is -0.837. The summed E-state index contributed by atoms with van der Waals surface area (Å²) in [4.78, 5) is 25.1. The summed E-state index contributed by atoms with van der Waals surface area (Å²) in [6.07, 6.45) is 11.6. The average molecular weight is 603 g/mol. The van der Waals surface area contributed by atoms with Crippen LogP contribution in [0.4, 0.5) is 0 Å². The number of hydrogen-bond acceptors (Lipinski definition) is 2. The Kier molecular flexibility index (Phi) is 5.47. The summed E-state index contributed by atoms with van der Waals surface area (Å²) in [7, 11) is 0. The van der Waals surface area contributed by atoms with Gasteiger partial charge in [-0.05, 0) is 88.1 Å². The van der Waals surface area contributed by atoms with Gasteiger partial charge in [0.05, 0.1) is 28.2 Å². The van der Waals surface area contributed by atoms with Crippen molar-refractivity contribution in [1.29, 1.82) is 0 Å². The minimum absolute atomic E-state index is 0.0451. The molecule has 230 valence electrons. The van der Waals surface area contributed by atoms with E-state index in [1.807, 2.05) is 0 Å². The number of aromatic nitrogens is 2. The van der Waals surface area contributed by atoms with Gasteiger partial charge in [-0.1, -0.05) is 29.9 Å². The molecule has 0 unspecified atom stereocenters. The molecule has 1 N–H and O–H groups in total. The van der Waals surface area contributed by atoms with Crippen LogP contribution in [0.5, 0.6) is 0 Å². The molecular formula is C38H42N4O3+2. The lowest BCUT2D eigenvalue weighted by Gasteiger charge is -2.38. The minimum atomic E-state index is -0.788. The second kappa shape index (κ2) is 8.71. The van der Waals surface area contributed by atoms with Crippen LogP contribution in [0.1, 0.15) is 101 Å². The highest BCUT2D eigenvalue weighted by atomic mass is 16.4. The number of nitrogens with zero attached hydrogens (tertiary/aromatic N) is 4. The Morgan fingerprint density at radius 2 is 1.31 bits per heavy atom. The molecule has 6 aliphatic heterocycles. The molecule has 0 saturated heterocycles. The monoisotopic (exact) mass is 602 g/mol. The van der Waals surface area contributed by atoms with Crippen LogP contribution in [0.25, 0.3) is 18.2 Å². The maximum atomic E-state index is 13.2. The van der Waals surface area contributed by atoms with Crippen molar-refractivity contribution in [2.24, 2.45) is 5.41 Å². The van der Waals surface area contributed by atoms with E-state index in [1.54, 1.807) is 0 Å². The Labute approximate surface area is 263 Å². The summed E-state index contributed by atoms with van der Waals surface area (Å²) in [6, 6.07) is 0. The van der Waals surface area contributed by atoms with Crippen molar-refractivity contribution in [3.8, 4) is 0 Å². The molecule has 0 aliphatic carbocycles. The fourth-order valence-electron chi connectivity index (χ4n) is 8.82. The number of Topliss-reactive ketones (excluding diaryl/α,β-unsaturated/α-hetero) is 1. The molecule has 1 spiro atoms. The van der Waals surface area contributed by atoms with Crippen molar-refractivity contribution in [2.75, 3.05) is 0 Å². The van der Waals surface area contributed by atoms with Gasteiger partial charge in [0.1, 0.15) is 5.78 Å². The predicted octanol–water partition coefficient (Wildman–Crippen LogP) is 4.77. The molecule has 0 amide bonds. The Hall–Kier alpha value is -4.26. The number of ketones is 1. The highest BCUT2D eigenvalue weighted by molar-refractivity contribution is 6.20. The van der Waals surface area contributed by atoms with E-state index in [9.17, 15) is 14.7 Å². The van der Waals surface area contributed by atoms with Gasteiger partial charge in [0, 0.05) is 53.7 Å². The third kappa shape index (κ3) is 3.31. The average Bonchev–Trinajstić information content (AvgIpc) is 3.58. The van der Waals surface area contributed by atoms with Crippen molar-refractivity contribution < 1.29 is 23.8 Å². The number of carbonyl (C=O) groups is 2. The smallest absolute Gasteiger partial charge is 0.481 e. The first kappa shape index (κ1) is 28.2. The predicted molar refractivity (Wildman–Crippen MR) is 176 cm³/mol. The lowest BCUT2D eigenvalue weighted by Crippen LogP contribution is -2.70. The topological polar surface area (TPSA) is 70.3 Å². The van der Waals surface area contributed by atoms with Crippen molar-refractivity contribution in [1.82, 2.24) is 9.13 Å². The molecule has 2 aromatic heterocycles. The molecule has 0 saturated carbocycles. The van der Waals surface area contributed by atoms with E-state index in [0.717, 1.165) is 27.9 Å². The van der Waals surface area contributed by atoms with Crippen LogP contribution in [0.15, 0.2) is 39.8 Å². The molecule has 2 aromatic rings. The molecular weight excluding hydrogens is 560 g/mol. The molecule has 0 radical (unpaired) electrons. The molecule has 1 atom stereocenters. The molecule has 6 aliphatic rings. The Morgan fingerprint density at radius 1 is 0.711 bits per heavy atom. The molecule has 8 heterocycles. The van der Waals surface area contributed by atoms with Crippen LogP contribution in [0, 0.1) is 19.3 Å². The molecule has 0 fully saturated rings. The number of hydrogen-bond donors (Lipinski definition) is 1. The first-order valence-corrected chi connectivity index (χ1v) is 16.2. The van der Waals surface area contributed by atoms with E-state index >= 15 is 0 Å². The summed E-state index contributed by atoms with van der Waals surface area (Å²) in [5, 5.41) is 12.1. The lowest BCUT2D eigenvalue weighted by atomic mass is 9.88. The summed E-state index contributed by atoms with van der Waals surface area (Å²) < 4.78 is 10.1. The SMILES string of the molecule is CC1=C(C)C2=[N+]3C1=Cc1c(C)c(CCC(=O)O)c4n1[C@@]31n3c(c(C)c(CCC(=O)CC(C)(C)C)c3=C4)=CC3=[N+]1C(=C2)C(C)=C3C. The molecule has 0 bridgehead atoms. The maximum Gasteiger partial charge on any atom is 0.553 e. The van der Waals surface area contributed by atoms with Crippen LogP contribution >= 0.6 is 0 Å². The highest BCUT2D eigenvalue weighted by Gasteiger charge is 2.72. The second-order valence-electron chi connectivity index (χ2n) is 15.0. The third-order valence-electron chi connectivity index (χ3n) is 11.1. The van der Waals surface area contributed by atoms with Crippen molar-refractivity contribution in [2.45, 2.75) is 100 Å². The van der Waals surface area contributed by atoms with Gasteiger partial charge in [-0.3, -0.25) is 9.59 Å². The summed E-state index contributed by atoms with van der Waals surface area (Å²) in [5.41, 5.74) is 16.7. The Bertz CT molecular complexity index is 2210. The largest absolute Gasteiger partial charge is 0.553 e. The van der Waals surface area contributed by atoms with Gasteiger partial charge in [0.25, 0.3) is 0 Å². The summed E-state index contributed by atoms with van der Waals surface area (Å²) in [6.45, 7) is 19.7. The van der Waals surface area contributed by atoms with E-state index in [4.69, 9.17) is 0 Å². The first-order chi connectivity index (χ1) is 21.2. The van der Waals surface area contributed by atoms with E-state index in [1.165, 1.54) is 61.6 Å². The van der Waals surface area contributed by atoms with Gasteiger partial charge in [-0.25, -0.2) is 0 Å². The van der Waals surface area contributed by atoms with Gasteiger partial charge >= 0.3 is 11.9 Å². The zero-order chi connectivity index (χ0) is 32.1. The van der Waals surface area contributed by atoms with E-state index in [0.29, 0.717) is 31.5 Å². The fourth-order valence-corrected chi connectivity index (χ4v) is 8.82. The Balaban J connectivity index is 1.50. The highest BCUT2D eigenvalue weighted by Crippen LogP contribution is 2.50. The number of carboxylic acid groups (broad SMARTS) is 1. The van der Waals surface area contributed by atoms with Crippen LogP contribution in [-0.4, -0.2) is 46.6 Å². The number of carbonyl (C=O) groups excluding carboxylic acids is 1. The van der Waals surface area contributed by atoms with Crippen molar-refractivity contribution >= 4 is 41.4 Å². The van der Waals surface area contributed by atoms with E-state index < -0.39 is 11.9 Å². The van der Waals surface area contributed by atoms with Gasteiger partial charge in [0.2, 0.25) is 22.8 Å². The minimum Gasteiger partial charge on any atom is -0.481 e. The van der Waals surface area contributed by atoms with Gasteiger partial charge < -0.3 is 5.11 Å². The molecule has 8 rings (SSSR count). The zero-order valence-electron chi connectivity index (χ0n) is 27.9. The van der Waals surface area contributed by atoms with E-state index in [2.05, 4.69) is 105 Å².